The largest absolute Gasteiger partial charge is 0.328 e. The van der Waals surface area contributed by atoms with Crippen LogP contribution in [0, 0.1) is 0 Å². The van der Waals surface area contributed by atoms with E-state index in [0.29, 0.717) is 12.6 Å². The molecule has 74 valence electrons. The second kappa shape index (κ2) is 4.42. The molecule has 0 amide bonds. The Labute approximate surface area is 79.9 Å². The number of nitrogens with two attached hydrogens (primary N) is 1. The third-order valence-corrected chi connectivity index (χ3v) is 2.35. The number of aromatic nitrogens is 2. The van der Waals surface area contributed by atoms with Crippen LogP contribution in [0.1, 0.15) is 38.2 Å². The fourth-order valence-corrected chi connectivity index (χ4v) is 1.41. The first kappa shape index (κ1) is 10.3. The molecule has 2 N–H and O–H groups in total. The second-order valence-electron chi connectivity index (χ2n) is 3.36. The fraction of sp³-hybridized carbons (Fsp3) is 0.700. The first-order valence-corrected chi connectivity index (χ1v) is 5.00. The van der Waals surface area contributed by atoms with Gasteiger partial charge < -0.3 is 5.73 Å². The zero-order chi connectivity index (χ0) is 9.84. The molecule has 0 aromatic carbocycles. The van der Waals surface area contributed by atoms with E-state index >= 15 is 0 Å². The van der Waals surface area contributed by atoms with E-state index in [0.717, 1.165) is 18.5 Å². The third-order valence-electron chi connectivity index (χ3n) is 2.35. The van der Waals surface area contributed by atoms with Crippen LogP contribution in [0.3, 0.4) is 0 Å². The fourth-order valence-electron chi connectivity index (χ4n) is 1.41. The predicted molar refractivity (Wildman–Crippen MR) is 54.7 cm³/mol. The van der Waals surface area contributed by atoms with Gasteiger partial charge in [-0.3, -0.25) is 4.68 Å². The maximum Gasteiger partial charge on any atom is 0.0624 e. The van der Waals surface area contributed by atoms with Crippen LogP contribution in [0.4, 0.5) is 0 Å². The third kappa shape index (κ3) is 2.10. The summed E-state index contributed by atoms with van der Waals surface area (Å²) in [5, 5.41) is 4.51. The van der Waals surface area contributed by atoms with Crippen molar-refractivity contribution in [1.29, 1.82) is 0 Å². The number of nitrogens with zero attached hydrogens (tertiary/aromatic N) is 2. The molecule has 0 spiro atoms. The van der Waals surface area contributed by atoms with Gasteiger partial charge in [0.25, 0.3) is 0 Å². The van der Waals surface area contributed by atoms with Crippen molar-refractivity contribution in [2.24, 2.45) is 5.73 Å². The lowest BCUT2D eigenvalue weighted by Gasteiger charge is -2.12. The Morgan fingerprint density at radius 3 is 2.62 bits per heavy atom. The van der Waals surface area contributed by atoms with Crippen LogP contribution in [-0.4, -0.2) is 16.3 Å². The monoisotopic (exact) mass is 181 g/mol. The van der Waals surface area contributed by atoms with E-state index in [1.165, 1.54) is 5.69 Å². The maximum atomic E-state index is 5.62. The minimum atomic E-state index is 0.315. The second-order valence-corrected chi connectivity index (χ2v) is 3.36. The number of hydrogen-bond donors (Lipinski definition) is 1. The van der Waals surface area contributed by atoms with Gasteiger partial charge in [0, 0.05) is 12.2 Å². The van der Waals surface area contributed by atoms with Crippen LogP contribution in [0.2, 0.25) is 0 Å². The van der Waals surface area contributed by atoms with E-state index in [4.69, 9.17) is 5.73 Å². The molecule has 1 rings (SSSR count). The zero-order valence-corrected chi connectivity index (χ0v) is 8.75. The van der Waals surface area contributed by atoms with Gasteiger partial charge in [0.15, 0.2) is 0 Å². The van der Waals surface area contributed by atoms with Crippen LogP contribution in [0.15, 0.2) is 6.07 Å². The maximum absolute atomic E-state index is 5.62. The minimum absolute atomic E-state index is 0.315. The molecule has 0 bridgehead atoms. The van der Waals surface area contributed by atoms with Crippen molar-refractivity contribution in [2.45, 2.75) is 39.7 Å². The Bertz CT molecular complexity index is 265. The van der Waals surface area contributed by atoms with E-state index < -0.39 is 0 Å². The van der Waals surface area contributed by atoms with Gasteiger partial charge in [0.1, 0.15) is 0 Å². The summed E-state index contributed by atoms with van der Waals surface area (Å²) < 4.78 is 2.05. The first-order valence-electron chi connectivity index (χ1n) is 5.00. The average molecular weight is 181 g/mol. The quantitative estimate of drug-likeness (QED) is 0.765. The molecule has 0 aliphatic heterocycles. The van der Waals surface area contributed by atoms with Crippen LogP contribution in [-0.2, 0) is 12.8 Å². The summed E-state index contributed by atoms with van der Waals surface area (Å²) in [6.07, 6.45) is 2.02. The highest BCUT2D eigenvalue weighted by Gasteiger charge is 2.09. The SMILES string of the molecule is CCc1cc(CC)n(C(C)CN)n1. The van der Waals surface area contributed by atoms with Crippen LogP contribution in [0.5, 0.6) is 0 Å². The van der Waals surface area contributed by atoms with Gasteiger partial charge in [-0.1, -0.05) is 13.8 Å². The molecule has 1 atom stereocenters. The standard InChI is InChI=1S/C10H19N3/c1-4-9-6-10(5-2)13(12-9)8(3)7-11/h6,8H,4-5,7,11H2,1-3H3. The summed E-state index contributed by atoms with van der Waals surface area (Å²) >= 11 is 0. The van der Waals surface area contributed by atoms with Gasteiger partial charge in [-0.25, -0.2) is 0 Å². The lowest BCUT2D eigenvalue weighted by molar-refractivity contribution is 0.479. The Balaban J connectivity index is 2.96. The van der Waals surface area contributed by atoms with Crippen LogP contribution < -0.4 is 5.73 Å². The van der Waals surface area contributed by atoms with E-state index in [1.807, 2.05) is 0 Å². The number of hydrogen-bond acceptors (Lipinski definition) is 2. The molecule has 0 radical (unpaired) electrons. The van der Waals surface area contributed by atoms with E-state index in [-0.39, 0.29) is 0 Å². The molecule has 0 saturated heterocycles. The molecule has 3 heteroatoms. The summed E-state index contributed by atoms with van der Waals surface area (Å²) in [6, 6.07) is 2.49. The Morgan fingerprint density at radius 1 is 1.46 bits per heavy atom. The van der Waals surface area contributed by atoms with Crippen molar-refractivity contribution >= 4 is 0 Å². The molecule has 1 heterocycles. The summed E-state index contributed by atoms with van der Waals surface area (Å²) in [5.41, 5.74) is 8.07. The molecule has 0 aliphatic rings. The van der Waals surface area contributed by atoms with Gasteiger partial charge in [-0.15, -0.1) is 0 Å². The van der Waals surface area contributed by atoms with Crippen molar-refractivity contribution in [3.05, 3.63) is 17.5 Å². The highest BCUT2D eigenvalue weighted by Crippen LogP contribution is 2.11. The highest BCUT2D eigenvalue weighted by molar-refractivity contribution is 5.11. The predicted octanol–water partition coefficient (Wildman–Crippen LogP) is 1.53. The number of aryl methyl sites for hydroxylation is 2. The molecule has 1 aromatic heterocycles. The van der Waals surface area contributed by atoms with Crippen molar-refractivity contribution in [1.82, 2.24) is 9.78 Å². The van der Waals surface area contributed by atoms with Gasteiger partial charge >= 0.3 is 0 Å². The van der Waals surface area contributed by atoms with Crippen molar-refractivity contribution < 1.29 is 0 Å². The van der Waals surface area contributed by atoms with Crippen LogP contribution >= 0.6 is 0 Å². The molecule has 1 aromatic rings. The summed E-state index contributed by atoms with van der Waals surface area (Å²) in [5.74, 6) is 0. The minimum Gasteiger partial charge on any atom is -0.328 e. The van der Waals surface area contributed by atoms with E-state index in [2.05, 4.69) is 36.6 Å². The van der Waals surface area contributed by atoms with E-state index in [9.17, 15) is 0 Å². The Kier molecular flexibility index (Phi) is 3.48. The van der Waals surface area contributed by atoms with E-state index in [1.54, 1.807) is 0 Å². The first-order chi connectivity index (χ1) is 6.22. The summed E-state index contributed by atoms with van der Waals surface area (Å²) in [7, 11) is 0. The highest BCUT2D eigenvalue weighted by atomic mass is 15.3. The van der Waals surface area contributed by atoms with Gasteiger partial charge in [-0.2, -0.15) is 5.10 Å². The molecule has 13 heavy (non-hydrogen) atoms. The summed E-state index contributed by atoms with van der Waals surface area (Å²) in [6.45, 7) is 7.03. The molecule has 0 fully saturated rings. The lowest BCUT2D eigenvalue weighted by atomic mass is 10.2. The van der Waals surface area contributed by atoms with Gasteiger partial charge in [0.05, 0.1) is 11.7 Å². The smallest absolute Gasteiger partial charge is 0.0624 e. The molecule has 0 aliphatic carbocycles. The molecular weight excluding hydrogens is 162 g/mol. The van der Waals surface area contributed by atoms with Gasteiger partial charge in [-0.05, 0) is 25.8 Å². The number of rotatable bonds is 4. The lowest BCUT2D eigenvalue weighted by Crippen LogP contribution is -2.19. The normalized spacial score (nSPS) is 13.2. The topological polar surface area (TPSA) is 43.8 Å². The molecule has 0 saturated carbocycles. The Morgan fingerprint density at radius 2 is 2.15 bits per heavy atom. The molecular formula is C10H19N3. The van der Waals surface area contributed by atoms with Crippen LogP contribution in [0.25, 0.3) is 0 Å². The van der Waals surface area contributed by atoms with Crippen molar-refractivity contribution in [2.75, 3.05) is 6.54 Å². The molecule has 1 unspecified atom stereocenters. The average Bonchev–Trinajstić information content (AvgIpc) is 2.59. The summed E-state index contributed by atoms with van der Waals surface area (Å²) in [4.78, 5) is 0. The van der Waals surface area contributed by atoms with Crippen molar-refractivity contribution in [3.8, 4) is 0 Å². The van der Waals surface area contributed by atoms with Crippen molar-refractivity contribution in [3.63, 3.8) is 0 Å². The molecule has 3 nitrogen and oxygen atoms in total. The zero-order valence-electron chi connectivity index (χ0n) is 8.75. The Hall–Kier alpha value is -0.830. The van der Waals surface area contributed by atoms with Gasteiger partial charge in [0.2, 0.25) is 0 Å².